The van der Waals surface area contributed by atoms with E-state index in [-0.39, 0.29) is 0 Å². The maximum Gasteiger partial charge on any atom is 0.354 e. The first-order valence-corrected chi connectivity index (χ1v) is 5.56. The van der Waals surface area contributed by atoms with Crippen molar-refractivity contribution in [1.29, 1.82) is 0 Å². The van der Waals surface area contributed by atoms with Crippen molar-refractivity contribution in [2.24, 2.45) is 0 Å². The number of rotatable bonds is 3. The van der Waals surface area contributed by atoms with Gasteiger partial charge in [-0.15, -0.1) is 0 Å². The van der Waals surface area contributed by atoms with Crippen LogP contribution in [0.15, 0.2) is 0 Å². The predicted octanol–water partition coefficient (Wildman–Crippen LogP) is 1.87. The number of aromatic nitrogens is 2. The third-order valence-corrected chi connectivity index (χ3v) is 2.86. The van der Waals surface area contributed by atoms with Crippen molar-refractivity contribution >= 4 is 5.97 Å². The largest absolute Gasteiger partial charge is 0.477 e. The average Bonchev–Trinajstić information content (AvgIpc) is 2.56. The highest BCUT2D eigenvalue weighted by Crippen LogP contribution is 2.24. The van der Waals surface area contributed by atoms with Crippen molar-refractivity contribution in [3.05, 3.63) is 17.0 Å². The lowest BCUT2D eigenvalue weighted by Crippen LogP contribution is -2.11. The molecule has 82 valence electrons. The first kappa shape index (κ1) is 10.2. The van der Waals surface area contributed by atoms with Crippen molar-refractivity contribution in [3.63, 3.8) is 0 Å². The van der Waals surface area contributed by atoms with Crippen molar-refractivity contribution in [2.45, 2.75) is 45.6 Å². The number of hydrogen-bond donors (Lipinski definition) is 1. The van der Waals surface area contributed by atoms with E-state index in [2.05, 4.69) is 5.10 Å². The van der Waals surface area contributed by atoms with E-state index in [9.17, 15) is 9.90 Å². The molecule has 4 nitrogen and oxygen atoms in total. The fourth-order valence-corrected chi connectivity index (χ4v) is 2.22. The minimum Gasteiger partial charge on any atom is -0.477 e. The Morgan fingerprint density at radius 3 is 2.87 bits per heavy atom. The monoisotopic (exact) mass is 208 g/mol. The lowest BCUT2D eigenvalue weighted by Gasteiger charge is -2.09. The van der Waals surface area contributed by atoms with Crippen LogP contribution in [0.25, 0.3) is 0 Å². The number of nitrogens with zero attached hydrogens (tertiary/aromatic N) is 2. The third-order valence-electron chi connectivity index (χ3n) is 2.86. The van der Waals surface area contributed by atoms with Gasteiger partial charge in [-0.05, 0) is 32.1 Å². The smallest absolute Gasteiger partial charge is 0.354 e. The summed E-state index contributed by atoms with van der Waals surface area (Å²) in [5.41, 5.74) is 2.40. The first-order valence-electron chi connectivity index (χ1n) is 5.56. The maximum absolute atomic E-state index is 11.2. The van der Waals surface area contributed by atoms with Gasteiger partial charge in [0.15, 0.2) is 0 Å². The Labute approximate surface area is 88.9 Å². The van der Waals surface area contributed by atoms with Crippen LogP contribution in [0.1, 0.15) is 47.9 Å². The molecule has 1 aromatic rings. The summed E-state index contributed by atoms with van der Waals surface area (Å²) in [5.74, 6) is -0.834. The van der Waals surface area contributed by atoms with Gasteiger partial charge >= 0.3 is 5.97 Å². The molecule has 1 aromatic heterocycles. The van der Waals surface area contributed by atoms with Gasteiger partial charge in [0.1, 0.15) is 5.69 Å². The van der Waals surface area contributed by atoms with Gasteiger partial charge in [-0.2, -0.15) is 5.10 Å². The van der Waals surface area contributed by atoms with E-state index in [1.165, 1.54) is 0 Å². The molecule has 2 rings (SSSR count). The Morgan fingerprint density at radius 2 is 2.20 bits per heavy atom. The lowest BCUT2D eigenvalue weighted by atomic mass is 9.96. The van der Waals surface area contributed by atoms with Crippen LogP contribution in [-0.4, -0.2) is 20.9 Å². The van der Waals surface area contributed by atoms with Crippen molar-refractivity contribution < 1.29 is 9.90 Å². The second-order valence-corrected chi connectivity index (χ2v) is 4.01. The first-order chi connectivity index (χ1) is 7.24. The van der Waals surface area contributed by atoms with Crippen LogP contribution in [0.2, 0.25) is 0 Å². The number of carboxylic acid groups (broad SMARTS) is 1. The van der Waals surface area contributed by atoms with Crippen LogP contribution in [0.5, 0.6) is 0 Å². The zero-order valence-corrected chi connectivity index (χ0v) is 8.99. The highest BCUT2D eigenvalue weighted by Gasteiger charge is 2.24. The molecular formula is C11H16N2O2. The fraction of sp³-hybridized carbons (Fsp3) is 0.636. The van der Waals surface area contributed by atoms with Gasteiger partial charge in [0.2, 0.25) is 0 Å². The van der Waals surface area contributed by atoms with E-state index < -0.39 is 5.97 Å². The maximum atomic E-state index is 11.2. The fourth-order valence-electron chi connectivity index (χ4n) is 2.22. The van der Waals surface area contributed by atoms with E-state index in [4.69, 9.17) is 0 Å². The molecule has 1 aliphatic rings. The number of aryl methyl sites for hydroxylation is 2. The van der Waals surface area contributed by atoms with Crippen LogP contribution < -0.4 is 0 Å². The lowest BCUT2D eigenvalue weighted by molar-refractivity contribution is 0.0681. The summed E-state index contributed by atoms with van der Waals surface area (Å²) in [6.45, 7) is 2.74. The Morgan fingerprint density at radius 1 is 1.47 bits per heavy atom. The highest BCUT2D eigenvalue weighted by molar-refractivity contribution is 5.87. The number of carbonyl (C=O) groups is 1. The Bertz CT molecular complexity index is 382. The highest BCUT2D eigenvalue weighted by atomic mass is 16.4. The van der Waals surface area contributed by atoms with Crippen molar-refractivity contribution in [2.75, 3.05) is 0 Å². The Hall–Kier alpha value is -1.32. The summed E-state index contributed by atoms with van der Waals surface area (Å²) in [7, 11) is 0. The molecule has 0 amide bonds. The van der Waals surface area contributed by atoms with Crippen LogP contribution in [0.3, 0.4) is 0 Å². The molecule has 0 saturated heterocycles. The summed E-state index contributed by atoms with van der Waals surface area (Å²) in [6.07, 6.45) is 4.95. The van der Waals surface area contributed by atoms with Gasteiger partial charge in [0.05, 0.1) is 5.69 Å². The van der Waals surface area contributed by atoms with Crippen molar-refractivity contribution in [3.8, 4) is 0 Å². The predicted molar refractivity (Wildman–Crippen MR) is 56.1 cm³/mol. The molecule has 0 spiro atoms. The number of fused-ring (bicyclic) bond motifs is 1. The number of aromatic carboxylic acids is 1. The van der Waals surface area contributed by atoms with Crippen LogP contribution >= 0.6 is 0 Å². The molecule has 0 atom stereocenters. The van der Waals surface area contributed by atoms with Gasteiger partial charge in [0, 0.05) is 12.1 Å². The SMILES string of the molecule is CCCn1nc2c(c1C(=O)O)CCCC2. The molecule has 0 unspecified atom stereocenters. The van der Waals surface area contributed by atoms with Gasteiger partial charge < -0.3 is 5.11 Å². The van der Waals surface area contributed by atoms with Gasteiger partial charge in [-0.25, -0.2) is 4.79 Å². The Balaban J connectivity index is 2.46. The summed E-state index contributed by atoms with van der Waals surface area (Å²) in [4.78, 5) is 11.2. The van der Waals surface area contributed by atoms with Crippen LogP contribution in [0.4, 0.5) is 0 Å². The molecule has 0 radical (unpaired) electrons. The van der Waals surface area contributed by atoms with Crippen molar-refractivity contribution in [1.82, 2.24) is 9.78 Å². The van der Waals surface area contributed by atoms with Gasteiger partial charge in [-0.1, -0.05) is 6.92 Å². The number of hydrogen-bond acceptors (Lipinski definition) is 2. The number of carboxylic acids is 1. The zero-order valence-electron chi connectivity index (χ0n) is 8.99. The molecule has 15 heavy (non-hydrogen) atoms. The summed E-state index contributed by atoms with van der Waals surface area (Å²) >= 11 is 0. The molecule has 0 bridgehead atoms. The average molecular weight is 208 g/mol. The minimum absolute atomic E-state index is 0.423. The summed E-state index contributed by atoms with van der Waals surface area (Å²) in [5, 5.41) is 13.6. The molecule has 0 saturated carbocycles. The normalized spacial score (nSPS) is 15.0. The van der Waals surface area contributed by atoms with E-state index in [0.29, 0.717) is 12.2 Å². The summed E-state index contributed by atoms with van der Waals surface area (Å²) < 4.78 is 1.66. The van der Waals surface area contributed by atoms with E-state index in [0.717, 1.165) is 43.4 Å². The molecule has 1 N–H and O–H groups in total. The quantitative estimate of drug-likeness (QED) is 0.825. The minimum atomic E-state index is -0.834. The molecule has 0 aromatic carbocycles. The molecule has 4 heteroatoms. The summed E-state index contributed by atoms with van der Waals surface area (Å²) in [6, 6.07) is 0. The molecule has 0 fully saturated rings. The molecule has 0 aliphatic heterocycles. The topological polar surface area (TPSA) is 55.1 Å². The molecule has 1 aliphatic carbocycles. The van der Waals surface area contributed by atoms with Gasteiger partial charge in [-0.3, -0.25) is 4.68 Å². The Kier molecular flexibility index (Phi) is 2.75. The standard InChI is InChI=1S/C11H16N2O2/c1-2-7-13-10(11(14)15)8-5-3-4-6-9(8)12-13/h2-7H2,1H3,(H,14,15). The third kappa shape index (κ3) is 1.76. The zero-order chi connectivity index (χ0) is 10.8. The van der Waals surface area contributed by atoms with E-state index in [1.54, 1.807) is 4.68 Å². The van der Waals surface area contributed by atoms with E-state index in [1.807, 2.05) is 6.92 Å². The van der Waals surface area contributed by atoms with Crippen LogP contribution in [-0.2, 0) is 19.4 Å². The molecule has 1 heterocycles. The van der Waals surface area contributed by atoms with Gasteiger partial charge in [0.25, 0.3) is 0 Å². The second-order valence-electron chi connectivity index (χ2n) is 4.01. The second kappa shape index (κ2) is 4.04. The molecular weight excluding hydrogens is 192 g/mol. The van der Waals surface area contributed by atoms with Crippen LogP contribution in [0, 0.1) is 0 Å². The van der Waals surface area contributed by atoms with E-state index >= 15 is 0 Å².